The standard InChI is InChI=1S/C20H23N3O2/c1-25-19-8-6-18(7-9-19)23-12-10-22(11-13-23)15-20(24)17-4-2-16(14-21)3-5-17/h2-9,20,24H,10-13,15H2,1H3. The van der Waals surface area contributed by atoms with Crippen molar-refractivity contribution in [1.29, 1.82) is 5.26 Å². The minimum atomic E-state index is -0.528. The molecule has 2 aromatic rings. The first-order chi connectivity index (χ1) is 12.2. The van der Waals surface area contributed by atoms with Crippen LogP contribution in [-0.2, 0) is 0 Å². The Labute approximate surface area is 148 Å². The molecule has 1 atom stereocenters. The molecule has 3 rings (SSSR count). The van der Waals surface area contributed by atoms with Gasteiger partial charge < -0.3 is 14.7 Å². The Morgan fingerprint density at radius 3 is 2.24 bits per heavy atom. The van der Waals surface area contributed by atoms with Gasteiger partial charge in [-0.1, -0.05) is 12.1 Å². The molecule has 0 saturated carbocycles. The molecule has 0 aromatic heterocycles. The third-order valence-corrected chi connectivity index (χ3v) is 4.67. The van der Waals surface area contributed by atoms with Crippen LogP contribution in [-0.4, -0.2) is 49.8 Å². The van der Waals surface area contributed by atoms with Crippen LogP contribution in [0.25, 0.3) is 0 Å². The lowest BCUT2D eigenvalue weighted by Gasteiger charge is -2.37. The van der Waals surface area contributed by atoms with Crippen molar-refractivity contribution in [3.8, 4) is 11.8 Å². The van der Waals surface area contributed by atoms with E-state index in [0.717, 1.165) is 37.5 Å². The Hall–Kier alpha value is -2.55. The maximum absolute atomic E-state index is 10.4. The van der Waals surface area contributed by atoms with Crippen LogP contribution in [0.5, 0.6) is 5.75 Å². The van der Waals surface area contributed by atoms with Crippen LogP contribution in [0.15, 0.2) is 48.5 Å². The SMILES string of the molecule is COc1ccc(N2CCN(CC(O)c3ccc(C#N)cc3)CC2)cc1. The molecule has 1 aliphatic heterocycles. The Morgan fingerprint density at radius 2 is 1.68 bits per heavy atom. The number of β-amino-alcohol motifs (C(OH)–C–C–N with tert-alkyl or cyclic N) is 1. The average Bonchev–Trinajstić information content (AvgIpc) is 2.68. The third-order valence-electron chi connectivity index (χ3n) is 4.67. The second-order valence-electron chi connectivity index (χ2n) is 6.24. The van der Waals surface area contributed by atoms with Crippen molar-refractivity contribution in [3.05, 3.63) is 59.7 Å². The second-order valence-corrected chi connectivity index (χ2v) is 6.24. The highest BCUT2D eigenvalue weighted by molar-refractivity contribution is 5.49. The highest BCUT2D eigenvalue weighted by Crippen LogP contribution is 2.21. The zero-order chi connectivity index (χ0) is 17.6. The Balaban J connectivity index is 1.52. The minimum absolute atomic E-state index is 0.528. The zero-order valence-electron chi connectivity index (χ0n) is 14.4. The van der Waals surface area contributed by atoms with Crippen molar-refractivity contribution in [2.24, 2.45) is 0 Å². The van der Waals surface area contributed by atoms with E-state index in [1.807, 2.05) is 24.3 Å². The van der Waals surface area contributed by atoms with E-state index in [2.05, 4.69) is 28.0 Å². The number of rotatable bonds is 5. The highest BCUT2D eigenvalue weighted by Gasteiger charge is 2.20. The van der Waals surface area contributed by atoms with Gasteiger partial charge in [0.25, 0.3) is 0 Å². The number of piperazine rings is 1. The van der Waals surface area contributed by atoms with Crippen LogP contribution < -0.4 is 9.64 Å². The summed E-state index contributed by atoms with van der Waals surface area (Å²) in [6.07, 6.45) is -0.528. The molecule has 1 aliphatic rings. The molecule has 5 nitrogen and oxygen atoms in total. The molecule has 0 amide bonds. The van der Waals surface area contributed by atoms with Gasteiger partial charge >= 0.3 is 0 Å². The summed E-state index contributed by atoms with van der Waals surface area (Å²) in [6, 6.07) is 17.4. The normalized spacial score (nSPS) is 16.3. The summed E-state index contributed by atoms with van der Waals surface area (Å²) >= 11 is 0. The van der Waals surface area contributed by atoms with Crippen molar-refractivity contribution in [2.75, 3.05) is 44.7 Å². The lowest BCUT2D eigenvalue weighted by molar-refractivity contribution is 0.109. The molecule has 2 aromatic carbocycles. The van der Waals surface area contributed by atoms with Gasteiger partial charge in [-0.25, -0.2) is 0 Å². The first-order valence-corrected chi connectivity index (χ1v) is 8.49. The largest absolute Gasteiger partial charge is 0.497 e. The second kappa shape index (κ2) is 8.02. The number of anilines is 1. The minimum Gasteiger partial charge on any atom is -0.497 e. The van der Waals surface area contributed by atoms with Crippen LogP contribution in [0.1, 0.15) is 17.2 Å². The number of methoxy groups -OCH3 is 1. The van der Waals surface area contributed by atoms with Crippen molar-refractivity contribution < 1.29 is 9.84 Å². The van der Waals surface area contributed by atoms with Crippen LogP contribution >= 0.6 is 0 Å². The molecular weight excluding hydrogens is 314 g/mol. The molecule has 1 saturated heterocycles. The van der Waals surface area contributed by atoms with E-state index >= 15 is 0 Å². The molecule has 1 unspecified atom stereocenters. The molecule has 0 radical (unpaired) electrons. The van der Waals surface area contributed by atoms with E-state index in [9.17, 15) is 5.11 Å². The van der Waals surface area contributed by atoms with Crippen LogP contribution in [0.3, 0.4) is 0 Å². The molecule has 25 heavy (non-hydrogen) atoms. The molecule has 0 aliphatic carbocycles. The molecule has 0 bridgehead atoms. The number of nitriles is 1. The first kappa shape index (κ1) is 17.3. The lowest BCUT2D eigenvalue weighted by Crippen LogP contribution is -2.47. The Kier molecular flexibility index (Phi) is 5.54. The molecule has 1 heterocycles. The van der Waals surface area contributed by atoms with Crippen LogP contribution in [0.2, 0.25) is 0 Å². The van der Waals surface area contributed by atoms with Gasteiger partial charge in [-0.05, 0) is 42.0 Å². The number of hydrogen-bond acceptors (Lipinski definition) is 5. The summed E-state index contributed by atoms with van der Waals surface area (Å²) in [5.74, 6) is 0.868. The zero-order valence-corrected chi connectivity index (χ0v) is 14.4. The summed E-state index contributed by atoms with van der Waals surface area (Å²) in [4.78, 5) is 4.63. The first-order valence-electron chi connectivity index (χ1n) is 8.49. The summed E-state index contributed by atoms with van der Waals surface area (Å²) in [5.41, 5.74) is 2.67. The number of ether oxygens (including phenoxy) is 1. The fraction of sp³-hybridized carbons (Fsp3) is 0.350. The van der Waals surface area contributed by atoms with Crippen molar-refractivity contribution in [3.63, 3.8) is 0 Å². The predicted octanol–water partition coefficient (Wildman–Crippen LogP) is 2.42. The van der Waals surface area contributed by atoms with E-state index in [1.54, 1.807) is 19.2 Å². The van der Waals surface area contributed by atoms with E-state index in [1.165, 1.54) is 5.69 Å². The Bertz CT molecular complexity index is 714. The summed E-state index contributed by atoms with van der Waals surface area (Å²) in [6.45, 7) is 4.32. The van der Waals surface area contributed by atoms with Gasteiger partial charge in [0.05, 0.1) is 24.8 Å². The van der Waals surface area contributed by atoms with E-state index in [-0.39, 0.29) is 0 Å². The van der Waals surface area contributed by atoms with Gasteiger partial charge in [0, 0.05) is 38.4 Å². The fourth-order valence-corrected chi connectivity index (χ4v) is 3.11. The summed E-state index contributed by atoms with van der Waals surface area (Å²) < 4.78 is 5.20. The predicted molar refractivity (Wildman–Crippen MR) is 97.8 cm³/mol. The maximum atomic E-state index is 10.4. The smallest absolute Gasteiger partial charge is 0.119 e. The Morgan fingerprint density at radius 1 is 1.04 bits per heavy atom. The monoisotopic (exact) mass is 337 g/mol. The molecule has 5 heteroatoms. The number of nitrogens with zero attached hydrogens (tertiary/aromatic N) is 3. The topological polar surface area (TPSA) is 59.7 Å². The molecule has 1 N–H and O–H groups in total. The maximum Gasteiger partial charge on any atom is 0.119 e. The molecule has 130 valence electrons. The van der Waals surface area contributed by atoms with E-state index in [0.29, 0.717) is 12.1 Å². The number of benzene rings is 2. The lowest BCUT2D eigenvalue weighted by atomic mass is 10.1. The quantitative estimate of drug-likeness (QED) is 0.908. The molecule has 0 spiro atoms. The van der Waals surface area contributed by atoms with Crippen molar-refractivity contribution >= 4 is 5.69 Å². The van der Waals surface area contributed by atoms with Gasteiger partial charge in [-0.3, -0.25) is 4.90 Å². The average molecular weight is 337 g/mol. The van der Waals surface area contributed by atoms with Gasteiger partial charge in [0.15, 0.2) is 0 Å². The van der Waals surface area contributed by atoms with Crippen LogP contribution in [0, 0.1) is 11.3 Å². The van der Waals surface area contributed by atoms with Gasteiger partial charge in [-0.2, -0.15) is 5.26 Å². The van der Waals surface area contributed by atoms with Gasteiger partial charge in [0.1, 0.15) is 5.75 Å². The van der Waals surface area contributed by atoms with Gasteiger partial charge in [-0.15, -0.1) is 0 Å². The summed E-state index contributed by atoms with van der Waals surface area (Å²) in [5, 5.41) is 19.3. The number of hydrogen-bond donors (Lipinski definition) is 1. The molecule has 1 fully saturated rings. The van der Waals surface area contributed by atoms with Crippen molar-refractivity contribution in [1.82, 2.24) is 4.90 Å². The number of aliphatic hydroxyl groups is 1. The third kappa shape index (κ3) is 4.30. The van der Waals surface area contributed by atoms with E-state index < -0.39 is 6.10 Å². The van der Waals surface area contributed by atoms with Crippen LogP contribution in [0.4, 0.5) is 5.69 Å². The van der Waals surface area contributed by atoms with Gasteiger partial charge in [0.2, 0.25) is 0 Å². The van der Waals surface area contributed by atoms with Crippen molar-refractivity contribution in [2.45, 2.75) is 6.10 Å². The van der Waals surface area contributed by atoms with E-state index in [4.69, 9.17) is 10.00 Å². The number of aliphatic hydroxyl groups excluding tert-OH is 1. The highest BCUT2D eigenvalue weighted by atomic mass is 16.5. The fourth-order valence-electron chi connectivity index (χ4n) is 3.11. The molecular formula is C20H23N3O2. The summed E-state index contributed by atoms with van der Waals surface area (Å²) in [7, 11) is 1.67.